The minimum absolute atomic E-state index is 0.0422. The molecule has 1 fully saturated rings. The van der Waals surface area contributed by atoms with Crippen LogP contribution in [0.15, 0.2) is 28.4 Å². The lowest BCUT2D eigenvalue weighted by Gasteiger charge is -2.11. The Bertz CT molecular complexity index is 1010. The summed E-state index contributed by atoms with van der Waals surface area (Å²) in [7, 11) is -2.12. The summed E-state index contributed by atoms with van der Waals surface area (Å²) in [6, 6.07) is 1.60. The van der Waals surface area contributed by atoms with E-state index in [1.807, 2.05) is 0 Å². The van der Waals surface area contributed by atoms with Crippen molar-refractivity contribution >= 4 is 27.5 Å². The molecule has 2 aromatic rings. The molecule has 146 valence electrons. The van der Waals surface area contributed by atoms with E-state index in [0.717, 1.165) is 24.5 Å². The summed E-state index contributed by atoms with van der Waals surface area (Å²) in [5, 5.41) is -1.30. The maximum absolute atomic E-state index is 12.7. The van der Waals surface area contributed by atoms with Crippen LogP contribution in [0.3, 0.4) is 0 Å². The molecule has 0 N–H and O–H groups in total. The quantitative estimate of drug-likeness (QED) is 0.725. The normalized spacial score (nSPS) is 16.0. The first-order chi connectivity index (χ1) is 12.5. The molecule has 0 bridgehead atoms. The van der Waals surface area contributed by atoms with Gasteiger partial charge in [-0.1, -0.05) is 18.5 Å². The van der Waals surface area contributed by atoms with E-state index in [1.54, 1.807) is 12.3 Å². The van der Waals surface area contributed by atoms with Crippen LogP contribution in [-0.2, 0) is 16.9 Å². The fourth-order valence-corrected chi connectivity index (χ4v) is 3.83. The van der Waals surface area contributed by atoms with Crippen molar-refractivity contribution in [1.29, 1.82) is 0 Å². The number of pyridine rings is 1. The Morgan fingerprint density at radius 1 is 1.33 bits per heavy atom. The van der Waals surface area contributed by atoms with Crippen LogP contribution in [0.25, 0.3) is 17.6 Å². The van der Waals surface area contributed by atoms with E-state index < -0.39 is 21.0 Å². The molecule has 2 heterocycles. The second-order valence-corrected chi connectivity index (χ2v) is 9.00. The maximum Gasteiger partial charge on any atom is 0.427 e. The topological polar surface area (TPSA) is 64.8 Å². The summed E-state index contributed by atoms with van der Waals surface area (Å²) in [5.41, 5.74) is 1.05. The van der Waals surface area contributed by atoms with Crippen LogP contribution in [0.1, 0.15) is 36.9 Å². The molecule has 0 amide bonds. The third-order valence-electron chi connectivity index (χ3n) is 4.42. The van der Waals surface area contributed by atoms with Gasteiger partial charge in [0.1, 0.15) is 10.7 Å². The number of hydrogen-bond acceptors (Lipinski definition) is 4. The highest BCUT2D eigenvalue weighted by Gasteiger charge is 2.33. The first-order valence-electron chi connectivity index (χ1n) is 8.23. The first kappa shape index (κ1) is 19.9. The van der Waals surface area contributed by atoms with Crippen LogP contribution in [0, 0.1) is 0 Å². The van der Waals surface area contributed by atoms with Crippen molar-refractivity contribution in [3.05, 3.63) is 34.7 Å². The molecule has 2 aromatic heterocycles. The summed E-state index contributed by atoms with van der Waals surface area (Å²) in [4.78, 5) is 8.42. The Hall–Kier alpha value is -1.87. The maximum atomic E-state index is 12.7. The second-order valence-electron chi connectivity index (χ2n) is 6.35. The highest BCUT2D eigenvalue weighted by Crippen LogP contribution is 2.41. The van der Waals surface area contributed by atoms with Crippen molar-refractivity contribution in [2.45, 2.75) is 36.8 Å². The fourth-order valence-electron chi connectivity index (χ4n) is 2.65. The van der Waals surface area contributed by atoms with Gasteiger partial charge in [-0.2, -0.15) is 13.2 Å². The zero-order valence-corrected chi connectivity index (χ0v) is 16.2. The molecule has 0 saturated heterocycles. The summed E-state index contributed by atoms with van der Waals surface area (Å²) < 4.78 is 64.5. The third kappa shape index (κ3) is 4.03. The second kappa shape index (κ2) is 6.94. The zero-order valence-electron chi connectivity index (χ0n) is 14.6. The van der Waals surface area contributed by atoms with Crippen LogP contribution in [-0.4, -0.2) is 34.9 Å². The standard InChI is InChI=1S/C17H17ClF3N3O2S/c1-3-27(25,26)13-6-11(10-4-5-10)8-22-15(13)16-23-9-12(24(16)2)7-14(18)17(19,20)21/h6-10H,3-5H2,1-2H3/b14-7-. The van der Waals surface area contributed by atoms with E-state index in [9.17, 15) is 21.6 Å². The van der Waals surface area contributed by atoms with Crippen LogP contribution in [0.5, 0.6) is 0 Å². The van der Waals surface area contributed by atoms with Crippen LogP contribution in [0.4, 0.5) is 13.2 Å². The Morgan fingerprint density at radius 2 is 2.00 bits per heavy atom. The molecule has 1 saturated carbocycles. The molecule has 1 aliphatic carbocycles. The van der Waals surface area contributed by atoms with E-state index in [-0.39, 0.29) is 27.9 Å². The van der Waals surface area contributed by atoms with Gasteiger partial charge < -0.3 is 4.57 Å². The lowest BCUT2D eigenvalue weighted by atomic mass is 10.2. The van der Waals surface area contributed by atoms with Gasteiger partial charge in [0.2, 0.25) is 0 Å². The molecule has 1 aliphatic rings. The van der Waals surface area contributed by atoms with Crippen molar-refractivity contribution in [3.63, 3.8) is 0 Å². The van der Waals surface area contributed by atoms with Gasteiger partial charge in [-0.15, -0.1) is 0 Å². The minimum atomic E-state index is -4.67. The van der Waals surface area contributed by atoms with E-state index in [4.69, 9.17) is 11.6 Å². The van der Waals surface area contributed by atoms with Gasteiger partial charge in [0.05, 0.1) is 22.5 Å². The molecule has 27 heavy (non-hydrogen) atoms. The van der Waals surface area contributed by atoms with Crippen molar-refractivity contribution in [2.24, 2.45) is 7.05 Å². The van der Waals surface area contributed by atoms with Gasteiger partial charge in [0, 0.05) is 13.2 Å². The number of aromatic nitrogens is 3. The molecular weight excluding hydrogens is 403 g/mol. The van der Waals surface area contributed by atoms with Crippen molar-refractivity contribution < 1.29 is 21.6 Å². The molecule has 10 heteroatoms. The first-order valence-corrected chi connectivity index (χ1v) is 10.3. The molecule has 0 atom stereocenters. The Kier molecular flexibility index (Phi) is 5.11. The van der Waals surface area contributed by atoms with Crippen molar-refractivity contribution in [2.75, 3.05) is 5.75 Å². The monoisotopic (exact) mass is 419 g/mol. The SMILES string of the molecule is CCS(=O)(=O)c1cc(C2CC2)cnc1-c1ncc(/C=C(\Cl)C(F)(F)F)n1C. The predicted octanol–water partition coefficient (Wildman–Crippen LogP) is 4.30. The van der Waals surface area contributed by atoms with Gasteiger partial charge in [-0.3, -0.25) is 4.98 Å². The van der Waals surface area contributed by atoms with Crippen LogP contribution in [0.2, 0.25) is 0 Å². The van der Waals surface area contributed by atoms with Gasteiger partial charge in [-0.05, 0) is 36.5 Å². The molecule has 0 unspecified atom stereocenters. The van der Waals surface area contributed by atoms with E-state index >= 15 is 0 Å². The number of rotatable bonds is 5. The molecular formula is C17H17ClF3N3O2S. The lowest BCUT2D eigenvalue weighted by Crippen LogP contribution is -2.10. The number of halogens is 4. The van der Waals surface area contributed by atoms with Crippen LogP contribution < -0.4 is 0 Å². The van der Waals surface area contributed by atoms with E-state index in [1.165, 1.54) is 24.7 Å². The summed E-state index contributed by atoms with van der Waals surface area (Å²) in [6.07, 6.45) is 0.841. The highest BCUT2D eigenvalue weighted by molar-refractivity contribution is 7.91. The summed E-state index contributed by atoms with van der Waals surface area (Å²) in [5.74, 6) is 0.345. The number of imidazole rings is 1. The molecule has 0 aliphatic heterocycles. The van der Waals surface area contributed by atoms with Crippen molar-refractivity contribution in [3.8, 4) is 11.5 Å². The van der Waals surface area contributed by atoms with Gasteiger partial charge in [-0.25, -0.2) is 13.4 Å². The molecule has 0 radical (unpaired) electrons. The Morgan fingerprint density at radius 3 is 2.56 bits per heavy atom. The van der Waals surface area contributed by atoms with Crippen molar-refractivity contribution in [1.82, 2.24) is 14.5 Å². The van der Waals surface area contributed by atoms with E-state index in [0.29, 0.717) is 5.92 Å². The summed E-state index contributed by atoms with van der Waals surface area (Å²) in [6.45, 7) is 1.53. The Labute approximate surface area is 159 Å². The largest absolute Gasteiger partial charge is 0.427 e. The predicted molar refractivity (Wildman–Crippen MR) is 96.0 cm³/mol. The van der Waals surface area contributed by atoms with E-state index in [2.05, 4.69) is 9.97 Å². The molecule has 3 rings (SSSR count). The number of sulfone groups is 1. The molecule has 5 nitrogen and oxygen atoms in total. The van der Waals surface area contributed by atoms with Crippen LogP contribution >= 0.6 is 11.6 Å². The summed E-state index contributed by atoms with van der Waals surface area (Å²) >= 11 is 5.29. The van der Waals surface area contributed by atoms with Gasteiger partial charge in [0.15, 0.2) is 15.7 Å². The number of alkyl halides is 3. The van der Waals surface area contributed by atoms with Gasteiger partial charge >= 0.3 is 6.18 Å². The molecule has 0 spiro atoms. The lowest BCUT2D eigenvalue weighted by molar-refractivity contribution is -0.0836. The Balaban J connectivity index is 2.12. The average Bonchev–Trinajstić information content (AvgIpc) is 3.39. The molecule has 0 aromatic carbocycles. The average molecular weight is 420 g/mol. The smallest absolute Gasteiger partial charge is 0.326 e. The number of nitrogens with zero attached hydrogens (tertiary/aromatic N) is 3. The number of hydrogen-bond donors (Lipinski definition) is 0. The fraction of sp³-hybridized carbons (Fsp3) is 0.412. The minimum Gasteiger partial charge on any atom is -0.326 e. The number of allylic oxidation sites excluding steroid dienone is 1. The zero-order chi connectivity index (χ0) is 20.0. The van der Waals surface area contributed by atoms with Gasteiger partial charge in [0.25, 0.3) is 0 Å². The highest BCUT2D eigenvalue weighted by atomic mass is 35.5. The third-order valence-corrected chi connectivity index (χ3v) is 6.48.